The second kappa shape index (κ2) is 11.2. The number of amides is 3. The van der Waals surface area contributed by atoms with E-state index in [-0.39, 0.29) is 24.3 Å². The highest BCUT2D eigenvalue weighted by molar-refractivity contribution is 6.04. The van der Waals surface area contributed by atoms with Crippen LogP contribution in [0.3, 0.4) is 0 Å². The first kappa shape index (κ1) is 29.1. The Balaban J connectivity index is 1.38. The van der Waals surface area contributed by atoms with Gasteiger partial charge in [-0.3, -0.25) is 14.4 Å². The number of carbonyl (C=O) groups excluding carboxylic acids is 3. The predicted octanol–water partition coefficient (Wildman–Crippen LogP) is 3.93. The van der Waals surface area contributed by atoms with Crippen LogP contribution in [0.15, 0.2) is 78.9 Å². The summed E-state index contributed by atoms with van der Waals surface area (Å²) < 4.78 is 6.77. The molecule has 8 nitrogen and oxygen atoms in total. The third-order valence-corrected chi connectivity index (χ3v) is 9.70. The predicted molar refractivity (Wildman–Crippen MR) is 163 cm³/mol. The highest BCUT2D eigenvalue weighted by Crippen LogP contribution is 2.63. The zero-order valence-corrected chi connectivity index (χ0v) is 24.9. The lowest BCUT2D eigenvalue weighted by atomic mass is 9.66. The number of hydrogen-bond donors (Lipinski definition) is 3. The van der Waals surface area contributed by atoms with Crippen molar-refractivity contribution in [2.75, 3.05) is 11.9 Å². The van der Waals surface area contributed by atoms with Crippen molar-refractivity contribution in [1.82, 2.24) is 10.2 Å². The Morgan fingerprint density at radius 2 is 1.56 bits per heavy atom. The Hall–Kier alpha value is -4.01. The van der Waals surface area contributed by atoms with Crippen molar-refractivity contribution in [1.29, 1.82) is 0 Å². The first-order valence-corrected chi connectivity index (χ1v) is 15.0. The van der Waals surface area contributed by atoms with E-state index in [9.17, 15) is 19.5 Å². The molecule has 0 radical (unpaired) electrons. The van der Waals surface area contributed by atoms with Crippen LogP contribution >= 0.6 is 0 Å². The fraction of sp³-hybridized carbons (Fsp3) is 0.400. The number of nitrogens with one attached hydrogen (secondary N) is 2. The first-order chi connectivity index (χ1) is 20.7. The number of ether oxygens (including phenoxy) is 1. The van der Waals surface area contributed by atoms with Crippen LogP contribution in [0.5, 0.6) is 0 Å². The van der Waals surface area contributed by atoms with Crippen LogP contribution in [-0.4, -0.2) is 57.6 Å². The van der Waals surface area contributed by atoms with Gasteiger partial charge in [0.1, 0.15) is 11.6 Å². The second-order valence-corrected chi connectivity index (χ2v) is 12.5. The molecule has 0 aromatic heterocycles. The number of para-hydroxylation sites is 1. The molecule has 0 saturated carbocycles. The topological polar surface area (TPSA) is 108 Å². The number of rotatable bonds is 9. The van der Waals surface area contributed by atoms with E-state index in [1.165, 1.54) is 4.90 Å². The highest BCUT2D eigenvalue weighted by Gasteiger charge is 2.78. The number of carbonyl (C=O) groups is 3. The maximum absolute atomic E-state index is 14.6. The van der Waals surface area contributed by atoms with E-state index in [0.29, 0.717) is 31.5 Å². The molecule has 3 amide bonds. The van der Waals surface area contributed by atoms with Gasteiger partial charge in [-0.15, -0.1) is 0 Å². The van der Waals surface area contributed by atoms with E-state index in [4.69, 9.17) is 4.74 Å². The second-order valence-electron chi connectivity index (χ2n) is 12.5. The van der Waals surface area contributed by atoms with E-state index in [0.717, 1.165) is 22.3 Å². The summed E-state index contributed by atoms with van der Waals surface area (Å²) in [5.41, 5.74) is 2.31. The number of aliphatic hydroxyl groups excluding tert-OH is 1. The van der Waals surface area contributed by atoms with Crippen LogP contribution in [0.1, 0.15) is 42.0 Å². The molecule has 3 aliphatic rings. The summed E-state index contributed by atoms with van der Waals surface area (Å²) in [4.78, 5) is 44.4. The minimum atomic E-state index is -1.19. The Labute approximate surface area is 252 Å². The summed E-state index contributed by atoms with van der Waals surface area (Å²) in [6.07, 6.45) is 1.37. The molecule has 3 aromatic carbocycles. The van der Waals surface area contributed by atoms with E-state index in [1.807, 2.05) is 99.6 Å². The lowest BCUT2D eigenvalue weighted by Gasteiger charge is -2.37. The molecular formula is C35H39N3O5. The zero-order chi connectivity index (χ0) is 30.4. The Kier molecular flexibility index (Phi) is 7.60. The Morgan fingerprint density at radius 1 is 0.930 bits per heavy atom. The van der Waals surface area contributed by atoms with Crippen molar-refractivity contribution >= 4 is 23.4 Å². The van der Waals surface area contributed by atoms with Gasteiger partial charge in [-0.1, -0.05) is 78.9 Å². The Morgan fingerprint density at radius 3 is 2.19 bits per heavy atom. The minimum absolute atomic E-state index is 0.259. The summed E-state index contributed by atoms with van der Waals surface area (Å²) >= 11 is 0. The smallest absolute Gasteiger partial charge is 0.250 e. The van der Waals surface area contributed by atoms with Crippen LogP contribution in [0.25, 0.3) is 0 Å². The summed E-state index contributed by atoms with van der Waals surface area (Å²) in [5, 5.41) is 16.8. The largest absolute Gasteiger partial charge is 0.394 e. The van der Waals surface area contributed by atoms with Gasteiger partial charge in [-0.25, -0.2) is 0 Å². The molecule has 8 heteroatoms. The molecule has 3 N–H and O–H groups in total. The normalized spacial score (nSPS) is 28.0. The van der Waals surface area contributed by atoms with E-state index in [1.54, 1.807) is 0 Å². The molecule has 1 spiro atoms. The van der Waals surface area contributed by atoms with Gasteiger partial charge < -0.3 is 25.4 Å². The molecule has 6 rings (SSSR count). The van der Waals surface area contributed by atoms with Crippen molar-refractivity contribution in [3.05, 3.63) is 101 Å². The molecule has 43 heavy (non-hydrogen) atoms. The van der Waals surface area contributed by atoms with Gasteiger partial charge >= 0.3 is 0 Å². The quantitative estimate of drug-likeness (QED) is 0.355. The summed E-state index contributed by atoms with van der Waals surface area (Å²) in [6.45, 7) is 5.74. The number of fused-ring (bicyclic) bond motifs is 1. The van der Waals surface area contributed by atoms with Crippen LogP contribution in [0.2, 0.25) is 0 Å². The summed E-state index contributed by atoms with van der Waals surface area (Å²) in [7, 11) is 0. The standard InChI is InChI=1S/C35H39N3O5/c1-22-11-10-12-23(2)29(22)37-32(41)30-35-18-17-34(3,43-35)27(31(40)36-20-25-15-8-5-9-16-25)28(35)33(42)38(30)26(21-39)19-24-13-6-4-7-14-24/h4-16,26-28,30,39H,17-21H2,1-3H3,(H,36,40)(H,37,41)/t26-,27-,28+,30?,34+,35?/m1/s1. The maximum Gasteiger partial charge on any atom is 0.250 e. The third kappa shape index (κ3) is 4.92. The van der Waals surface area contributed by atoms with Crippen LogP contribution in [-0.2, 0) is 32.1 Å². The van der Waals surface area contributed by atoms with E-state index >= 15 is 0 Å². The van der Waals surface area contributed by atoms with Crippen LogP contribution < -0.4 is 10.6 Å². The van der Waals surface area contributed by atoms with Crippen molar-refractivity contribution in [3.63, 3.8) is 0 Å². The van der Waals surface area contributed by atoms with E-state index in [2.05, 4.69) is 10.6 Å². The number of hydrogen-bond acceptors (Lipinski definition) is 5. The first-order valence-electron chi connectivity index (χ1n) is 15.0. The van der Waals surface area contributed by atoms with Crippen molar-refractivity contribution in [2.24, 2.45) is 11.8 Å². The molecule has 3 aliphatic heterocycles. The maximum atomic E-state index is 14.6. The van der Waals surface area contributed by atoms with Gasteiger partial charge in [0.15, 0.2) is 0 Å². The summed E-state index contributed by atoms with van der Waals surface area (Å²) in [5.74, 6) is -2.56. The number of likely N-dealkylation sites (tertiary alicyclic amines) is 1. The van der Waals surface area contributed by atoms with Gasteiger partial charge in [0.05, 0.1) is 30.1 Å². The molecule has 3 aromatic rings. The van der Waals surface area contributed by atoms with Gasteiger partial charge in [0, 0.05) is 12.2 Å². The molecule has 3 heterocycles. The van der Waals surface area contributed by atoms with Crippen LogP contribution in [0, 0.1) is 25.7 Å². The van der Waals surface area contributed by atoms with Gasteiger partial charge in [-0.05, 0) is 62.3 Å². The monoisotopic (exact) mass is 581 g/mol. The van der Waals surface area contributed by atoms with Crippen LogP contribution in [0.4, 0.5) is 5.69 Å². The number of aryl methyl sites for hydroxylation is 2. The average Bonchev–Trinajstić information content (AvgIpc) is 3.58. The summed E-state index contributed by atoms with van der Waals surface area (Å²) in [6, 6.07) is 23.3. The van der Waals surface area contributed by atoms with Crippen molar-refractivity contribution < 1.29 is 24.2 Å². The molecule has 6 atom stereocenters. The molecule has 224 valence electrons. The fourth-order valence-electron chi connectivity index (χ4n) is 7.69. The molecule has 0 aliphatic carbocycles. The van der Waals surface area contributed by atoms with Gasteiger partial charge in [0.2, 0.25) is 17.7 Å². The third-order valence-electron chi connectivity index (χ3n) is 9.70. The van der Waals surface area contributed by atoms with Gasteiger partial charge in [0.25, 0.3) is 0 Å². The molecule has 2 bridgehead atoms. The van der Waals surface area contributed by atoms with Gasteiger partial charge in [-0.2, -0.15) is 0 Å². The number of benzene rings is 3. The molecule has 2 unspecified atom stereocenters. The molecule has 3 saturated heterocycles. The number of anilines is 1. The lowest BCUT2D eigenvalue weighted by molar-refractivity contribution is -0.148. The minimum Gasteiger partial charge on any atom is -0.394 e. The highest BCUT2D eigenvalue weighted by atomic mass is 16.5. The zero-order valence-electron chi connectivity index (χ0n) is 24.9. The van der Waals surface area contributed by atoms with Crippen molar-refractivity contribution in [3.8, 4) is 0 Å². The Bertz CT molecular complexity index is 1510. The lowest BCUT2D eigenvalue weighted by Crippen LogP contribution is -2.57. The van der Waals surface area contributed by atoms with Crippen molar-refractivity contribution in [2.45, 2.75) is 69.9 Å². The van der Waals surface area contributed by atoms with E-state index < -0.39 is 35.1 Å². The molecular weight excluding hydrogens is 542 g/mol. The number of aliphatic hydroxyl groups is 1. The number of nitrogens with zero attached hydrogens (tertiary/aromatic N) is 1. The fourth-order valence-corrected chi connectivity index (χ4v) is 7.69. The SMILES string of the molecule is Cc1cccc(C)c1NC(=O)C1N([C@@H](CO)Cc2ccccc2)C(=O)[C@@H]2[C@H](C(=O)NCc3ccccc3)[C@]3(C)CCC12O3. The molecule has 3 fully saturated rings. The average molecular weight is 582 g/mol.